The monoisotopic (exact) mass is 202 g/mol. The van der Waals surface area contributed by atoms with Gasteiger partial charge < -0.3 is 5.11 Å². The lowest BCUT2D eigenvalue weighted by Crippen LogP contribution is -1.87. The summed E-state index contributed by atoms with van der Waals surface area (Å²) in [6.45, 7) is 11.0. The van der Waals surface area contributed by atoms with Crippen LogP contribution in [0.5, 0.6) is 0 Å². The van der Waals surface area contributed by atoms with Crippen molar-refractivity contribution in [2.45, 2.75) is 66.7 Å². The predicted molar refractivity (Wildman–Crippen MR) is 65.5 cm³/mol. The molecular weight excluding hydrogens is 172 g/mol. The maximum Gasteiger partial charge on any atom is 0.0462 e. The van der Waals surface area contributed by atoms with Gasteiger partial charge >= 0.3 is 0 Å². The quantitative estimate of drug-likeness (QED) is 0.722. The van der Waals surface area contributed by atoms with Crippen molar-refractivity contribution in [2.24, 2.45) is 11.8 Å². The molecule has 0 radical (unpaired) electrons. The molecule has 0 aliphatic heterocycles. The Hall–Kier alpha value is -0.0400. The van der Waals surface area contributed by atoms with E-state index in [-0.39, 0.29) is 0 Å². The van der Waals surface area contributed by atoms with Crippen molar-refractivity contribution in [3.63, 3.8) is 0 Å². The van der Waals surface area contributed by atoms with Crippen molar-refractivity contribution in [1.29, 1.82) is 0 Å². The highest BCUT2D eigenvalue weighted by Gasteiger charge is 2.34. The van der Waals surface area contributed by atoms with Crippen LogP contribution in [-0.2, 0) is 0 Å². The molecule has 88 valence electrons. The van der Waals surface area contributed by atoms with E-state index in [2.05, 4.69) is 20.8 Å². The molecule has 1 aliphatic carbocycles. The molecule has 1 rings (SSSR count). The molecule has 1 saturated carbocycles. The first kappa shape index (κ1) is 16.4. The van der Waals surface area contributed by atoms with E-state index in [1.807, 2.05) is 13.8 Å². The maximum atomic E-state index is 8.60. The SMILES string of the molecule is CC.CCCC.CCC[C@H]1C[C@H]1CO. The fourth-order valence-corrected chi connectivity index (χ4v) is 1.26. The highest BCUT2D eigenvalue weighted by Crippen LogP contribution is 2.41. The van der Waals surface area contributed by atoms with Crippen LogP contribution in [0.2, 0.25) is 0 Å². The van der Waals surface area contributed by atoms with Gasteiger partial charge in [-0.3, -0.25) is 0 Å². The van der Waals surface area contributed by atoms with Gasteiger partial charge in [0.05, 0.1) is 0 Å². The summed E-state index contributed by atoms with van der Waals surface area (Å²) in [7, 11) is 0. The molecule has 1 N–H and O–H groups in total. The standard InChI is InChI=1S/C7H14O.C4H10.C2H6/c1-2-3-6-4-7(6)5-8;1-3-4-2;1-2/h6-8H,2-5H2,1H3;3-4H2,1-2H3;1-2H3/t6-,7-;;/m0../s1. The molecule has 14 heavy (non-hydrogen) atoms. The molecule has 0 saturated heterocycles. The van der Waals surface area contributed by atoms with Gasteiger partial charge in [0.1, 0.15) is 0 Å². The van der Waals surface area contributed by atoms with E-state index in [4.69, 9.17) is 5.11 Å². The average Bonchev–Trinajstić information content (AvgIpc) is 3.00. The molecule has 0 aromatic carbocycles. The summed E-state index contributed by atoms with van der Waals surface area (Å²) in [5.41, 5.74) is 0. The fourth-order valence-electron chi connectivity index (χ4n) is 1.26. The van der Waals surface area contributed by atoms with Gasteiger partial charge in [-0.2, -0.15) is 0 Å². The van der Waals surface area contributed by atoms with Crippen LogP contribution in [0.4, 0.5) is 0 Å². The zero-order chi connectivity index (χ0) is 11.4. The fraction of sp³-hybridized carbons (Fsp3) is 1.00. The van der Waals surface area contributed by atoms with Crippen LogP contribution in [0.1, 0.15) is 66.7 Å². The third kappa shape index (κ3) is 10.0. The Morgan fingerprint density at radius 3 is 1.64 bits per heavy atom. The first-order chi connectivity index (χ1) is 6.79. The van der Waals surface area contributed by atoms with E-state index in [0.717, 1.165) is 5.92 Å². The number of hydrogen-bond acceptors (Lipinski definition) is 1. The van der Waals surface area contributed by atoms with E-state index < -0.39 is 0 Å². The molecule has 1 nitrogen and oxygen atoms in total. The number of aliphatic hydroxyl groups is 1. The highest BCUT2D eigenvalue weighted by molar-refractivity contribution is 4.84. The first-order valence-electron chi connectivity index (χ1n) is 6.40. The molecule has 2 atom stereocenters. The van der Waals surface area contributed by atoms with Gasteiger partial charge in [0.15, 0.2) is 0 Å². The van der Waals surface area contributed by atoms with Crippen molar-refractivity contribution in [3.8, 4) is 0 Å². The lowest BCUT2D eigenvalue weighted by atomic mass is 10.2. The summed E-state index contributed by atoms with van der Waals surface area (Å²) in [6.07, 6.45) is 6.52. The number of rotatable bonds is 4. The molecule has 0 heterocycles. The summed E-state index contributed by atoms with van der Waals surface area (Å²) in [4.78, 5) is 0. The highest BCUT2D eigenvalue weighted by atomic mass is 16.3. The van der Waals surface area contributed by atoms with Crippen molar-refractivity contribution in [2.75, 3.05) is 6.61 Å². The summed E-state index contributed by atoms with van der Waals surface area (Å²) in [6, 6.07) is 0. The van der Waals surface area contributed by atoms with Crippen LogP contribution < -0.4 is 0 Å². The maximum absolute atomic E-state index is 8.60. The third-order valence-corrected chi connectivity index (χ3v) is 2.46. The van der Waals surface area contributed by atoms with E-state index in [1.165, 1.54) is 32.1 Å². The Kier molecular flexibility index (Phi) is 15.2. The van der Waals surface area contributed by atoms with Gasteiger partial charge in [-0.05, 0) is 18.3 Å². The Morgan fingerprint density at radius 2 is 1.43 bits per heavy atom. The molecule has 1 aliphatic rings. The van der Waals surface area contributed by atoms with Crippen LogP contribution in [0.15, 0.2) is 0 Å². The van der Waals surface area contributed by atoms with Crippen LogP contribution in [0.3, 0.4) is 0 Å². The average molecular weight is 202 g/mol. The summed E-state index contributed by atoms with van der Waals surface area (Å²) >= 11 is 0. The van der Waals surface area contributed by atoms with E-state index in [0.29, 0.717) is 12.5 Å². The van der Waals surface area contributed by atoms with E-state index in [1.54, 1.807) is 0 Å². The largest absolute Gasteiger partial charge is 0.396 e. The van der Waals surface area contributed by atoms with Crippen LogP contribution in [-0.4, -0.2) is 11.7 Å². The second-order valence-corrected chi connectivity index (χ2v) is 3.73. The van der Waals surface area contributed by atoms with Crippen molar-refractivity contribution in [1.82, 2.24) is 0 Å². The van der Waals surface area contributed by atoms with Crippen molar-refractivity contribution < 1.29 is 5.11 Å². The van der Waals surface area contributed by atoms with Gasteiger partial charge in [-0.1, -0.05) is 60.3 Å². The topological polar surface area (TPSA) is 20.2 Å². The molecule has 0 unspecified atom stereocenters. The Morgan fingerprint density at radius 1 is 0.929 bits per heavy atom. The molecule has 0 amide bonds. The van der Waals surface area contributed by atoms with Gasteiger partial charge in [-0.15, -0.1) is 0 Å². The Labute approximate surface area is 90.9 Å². The summed E-state index contributed by atoms with van der Waals surface area (Å²) in [5, 5.41) is 8.60. The van der Waals surface area contributed by atoms with Gasteiger partial charge in [0.25, 0.3) is 0 Å². The second-order valence-electron chi connectivity index (χ2n) is 3.73. The summed E-state index contributed by atoms with van der Waals surface area (Å²) < 4.78 is 0. The van der Waals surface area contributed by atoms with Crippen molar-refractivity contribution in [3.05, 3.63) is 0 Å². The lowest BCUT2D eigenvalue weighted by molar-refractivity contribution is 0.267. The minimum Gasteiger partial charge on any atom is -0.396 e. The number of aliphatic hydroxyl groups excluding tert-OH is 1. The zero-order valence-corrected chi connectivity index (χ0v) is 10.8. The first-order valence-corrected chi connectivity index (χ1v) is 6.40. The third-order valence-electron chi connectivity index (χ3n) is 2.46. The predicted octanol–water partition coefficient (Wildman–Crippen LogP) is 4.25. The minimum atomic E-state index is 0.421. The summed E-state index contributed by atoms with van der Waals surface area (Å²) in [5.74, 6) is 1.56. The molecule has 0 spiro atoms. The zero-order valence-electron chi connectivity index (χ0n) is 10.8. The molecular formula is C13H30O. The number of hydrogen-bond donors (Lipinski definition) is 1. The van der Waals surface area contributed by atoms with Gasteiger partial charge in [0.2, 0.25) is 0 Å². The Balaban J connectivity index is 0. The molecule has 0 bridgehead atoms. The van der Waals surface area contributed by atoms with Crippen LogP contribution in [0, 0.1) is 11.8 Å². The van der Waals surface area contributed by atoms with Crippen molar-refractivity contribution >= 4 is 0 Å². The molecule has 0 aromatic heterocycles. The van der Waals surface area contributed by atoms with Gasteiger partial charge in [-0.25, -0.2) is 0 Å². The Bertz CT molecular complexity index is 89.2. The van der Waals surface area contributed by atoms with Gasteiger partial charge in [0, 0.05) is 6.61 Å². The van der Waals surface area contributed by atoms with E-state index >= 15 is 0 Å². The minimum absolute atomic E-state index is 0.421. The molecule has 1 fully saturated rings. The normalized spacial score (nSPS) is 22.7. The smallest absolute Gasteiger partial charge is 0.0462 e. The molecule has 0 aromatic rings. The second kappa shape index (κ2) is 13.0. The van der Waals surface area contributed by atoms with E-state index in [9.17, 15) is 0 Å². The lowest BCUT2D eigenvalue weighted by Gasteiger charge is -1.89. The molecule has 1 heteroatoms. The van der Waals surface area contributed by atoms with Crippen LogP contribution in [0.25, 0.3) is 0 Å². The van der Waals surface area contributed by atoms with Crippen LogP contribution >= 0.6 is 0 Å². The number of unbranched alkanes of at least 4 members (excludes halogenated alkanes) is 1.